The second-order valence-corrected chi connectivity index (χ2v) is 7.62. The van der Waals surface area contributed by atoms with Gasteiger partial charge in [-0.2, -0.15) is 23.5 Å². The summed E-state index contributed by atoms with van der Waals surface area (Å²) in [5.41, 5.74) is 3.16. The van der Waals surface area contributed by atoms with Gasteiger partial charge in [0, 0.05) is 11.8 Å². The molecular weight excluding hydrogens is 497 g/mol. The third kappa shape index (κ3) is 7.14. The molecule has 2 aromatic carbocycles. The molecule has 1 aromatic heterocycles. The van der Waals surface area contributed by atoms with Gasteiger partial charge < -0.3 is 24.6 Å². The van der Waals surface area contributed by atoms with E-state index in [9.17, 15) is 18.0 Å². The Morgan fingerprint density at radius 3 is 2.65 bits per heavy atom. The lowest BCUT2D eigenvalue weighted by Gasteiger charge is -2.25. The number of carboxylic acid groups (broad SMARTS) is 1. The number of hydrogen-bond donors (Lipinski definition) is 3. The van der Waals surface area contributed by atoms with E-state index < -0.39 is 12.1 Å². The Kier molecular flexibility index (Phi) is 8.57. The summed E-state index contributed by atoms with van der Waals surface area (Å²) < 4.78 is 48.3. The first-order valence-electron chi connectivity index (χ1n) is 10.7. The maximum atomic E-state index is 12.9. The van der Waals surface area contributed by atoms with Crippen LogP contribution in [-0.2, 0) is 16.0 Å². The summed E-state index contributed by atoms with van der Waals surface area (Å²) in [7, 11) is 1.60. The number of benzene rings is 2. The zero-order valence-corrected chi connectivity index (χ0v) is 19.3. The van der Waals surface area contributed by atoms with Crippen molar-refractivity contribution in [1.29, 1.82) is 5.26 Å². The molecule has 0 spiro atoms. The first-order valence-corrected chi connectivity index (χ1v) is 10.7. The summed E-state index contributed by atoms with van der Waals surface area (Å²) in [4.78, 5) is 21.8. The quantitative estimate of drug-likeness (QED) is 0.447. The van der Waals surface area contributed by atoms with Crippen LogP contribution in [0.1, 0.15) is 5.56 Å². The van der Waals surface area contributed by atoms with Crippen LogP contribution >= 0.6 is 0 Å². The number of hydrogen-bond acceptors (Lipinski definition) is 7. The first kappa shape index (κ1) is 26.9. The van der Waals surface area contributed by atoms with Gasteiger partial charge in [0.2, 0.25) is 5.91 Å². The smallest absolute Gasteiger partial charge is 0.490 e. The van der Waals surface area contributed by atoms with Crippen molar-refractivity contribution in [3.63, 3.8) is 0 Å². The Labute approximate surface area is 208 Å². The van der Waals surface area contributed by atoms with E-state index in [4.69, 9.17) is 29.4 Å². The van der Waals surface area contributed by atoms with Gasteiger partial charge in [-0.15, -0.1) is 0 Å². The van der Waals surface area contributed by atoms with Gasteiger partial charge >= 0.3 is 12.1 Å². The van der Waals surface area contributed by atoms with Gasteiger partial charge in [-0.25, -0.2) is 4.79 Å². The number of methoxy groups -OCH3 is 1. The summed E-state index contributed by atoms with van der Waals surface area (Å²) in [6.45, 7) is 0.157. The van der Waals surface area contributed by atoms with E-state index in [1.807, 2.05) is 30.3 Å². The number of carbonyl (C=O) groups excluding carboxylic acids is 1. The number of nitrogens with one attached hydrogen (secondary N) is 2. The Hall–Kier alpha value is -4.73. The third-order valence-corrected chi connectivity index (χ3v) is 5.15. The van der Waals surface area contributed by atoms with Crippen LogP contribution in [0, 0.1) is 17.2 Å². The fraction of sp³-hybridized carbons (Fsp3) is 0.250. The number of anilines is 1. The second-order valence-electron chi connectivity index (χ2n) is 7.62. The monoisotopic (exact) mass is 518 g/mol. The number of fused-ring (bicyclic) bond motifs is 1. The molecule has 0 bridgehead atoms. The molecule has 3 N–H and O–H groups in total. The molecule has 0 saturated carbocycles. The van der Waals surface area contributed by atoms with Crippen LogP contribution in [0.2, 0.25) is 0 Å². The van der Waals surface area contributed by atoms with E-state index >= 15 is 0 Å². The lowest BCUT2D eigenvalue weighted by Crippen LogP contribution is -2.32. The third-order valence-electron chi connectivity index (χ3n) is 5.15. The molecule has 2 heterocycles. The average Bonchev–Trinajstić information content (AvgIpc) is 3.42. The molecule has 1 atom stereocenters. The second kappa shape index (κ2) is 11.8. The highest BCUT2D eigenvalue weighted by Crippen LogP contribution is 2.33. The van der Waals surface area contributed by atoms with Gasteiger partial charge in [-0.1, -0.05) is 6.07 Å². The number of ether oxygens (including phenoxy) is 3. The summed E-state index contributed by atoms with van der Waals surface area (Å²) >= 11 is 0. The molecule has 1 unspecified atom stereocenters. The summed E-state index contributed by atoms with van der Waals surface area (Å²) in [6.07, 6.45) is -1.10. The van der Waals surface area contributed by atoms with Crippen molar-refractivity contribution in [2.75, 3.05) is 25.6 Å². The van der Waals surface area contributed by atoms with Crippen LogP contribution in [0.15, 0.2) is 48.8 Å². The predicted molar refractivity (Wildman–Crippen MR) is 123 cm³/mol. The van der Waals surface area contributed by atoms with Gasteiger partial charge in [0.1, 0.15) is 29.9 Å². The molecule has 1 aliphatic heterocycles. The minimum absolute atomic E-state index is 0.128. The van der Waals surface area contributed by atoms with Crippen molar-refractivity contribution < 1.29 is 42.1 Å². The molecule has 4 rings (SSSR count). The molecule has 3 aromatic rings. The molecule has 0 radical (unpaired) electrons. The molecule has 10 nitrogen and oxygen atoms in total. The fourth-order valence-corrected chi connectivity index (χ4v) is 3.34. The molecule has 1 aliphatic rings. The van der Waals surface area contributed by atoms with E-state index in [0.717, 1.165) is 28.2 Å². The molecule has 0 aliphatic carbocycles. The Morgan fingerprint density at radius 1 is 1.27 bits per heavy atom. The van der Waals surface area contributed by atoms with Gasteiger partial charge in [0.05, 0.1) is 24.9 Å². The molecule has 0 saturated heterocycles. The molecule has 0 fully saturated rings. The number of H-pyrrole nitrogens is 1. The molecule has 1 amide bonds. The van der Waals surface area contributed by atoms with E-state index in [0.29, 0.717) is 17.9 Å². The molecule has 194 valence electrons. The van der Waals surface area contributed by atoms with Crippen molar-refractivity contribution in [3.05, 3.63) is 54.4 Å². The highest BCUT2D eigenvalue weighted by Gasteiger charge is 2.38. The summed E-state index contributed by atoms with van der Waals surface area (Å²) in [5, 5.41) is 25.6. The van der Waals surface area contributed by atoms with Crippen LogP contribution in [-0.4, -0.2) is 53.7 Å². The van der Waals surface area contributed by atoms with Crippen LogP contribution in [0.25, 0.3) is 11.1 Å². The number of aromatic amines is 1. The number of aromatic nitrogens is 2. The largest absolute Gasteiger partial charge is 0.497 e. The average molecular weight is 518 g/mol. The van der Waals surface area contributed by atoms with Crippen molar-refractivity contribution in [1.82, 2.24) is 10.2 Å². The van der Waals surface area contributed by atoms with Gasteiger partial charge in [0.25, 0.3) is 0 Å². The number of halogens is 3. The number of alkyl halides is 3. The number of carboxylic acids is 1. The molecule has 37 heavy (non-hydrogen) atoms. The minimum Gasteiger partial charge on any atom is -0.497 e. The maximum Gasteiger partial charge on any atom is 0.490 e. The molecule has 13 heteroatoms. The van der Waals surface area contributed by atoms with E-state index in [-0.39, 0.29) is 25.0 Å². The van der Waals surface area contributed by atoms with Gasteiger partial charge in [-0.3, -0.25) is 9.89 Å². The van der Waals surface area contributed by atoms with Crippen molar-refractivity contribution >= 4 is 17.6 Å². The number of nitrogens with zero attached hydrogens (tertiary/aromatic N) is 2. The number of aliphatic carboxylic acids is 1. The normalized spacial score (nSPS) is 14.1. The summed E-state index contributed by atoms with van der Waals surface area (Å²) in [6, 6.07) is 12.9. The summed E-state index contributed by atoms with van der Waals surface area (Å²) in [5.74, 6) is -1.39. The van der Waals surface area contributed by atoms with Crippen molar-refractivity contribution in [2.24, 2.45) is 5.92 Å². The van der Waals surface area contributed by atoms with Crippen molar-refractivity contribution in [3.8, 4) is 34.4 Å². The lowest BCUT2D eigenvalue weighted by molar-refractivity contribution is -0.192. The highest BCUT2D eigenvalue weighted by molar-refractivity contribution is 5.95. The lowest BCUT2D eigenvalue weighted by atomic mass is 9.95. The van der Waals surface area contributed by atoms with E-state index in [2.05, 4.69) is 15.5 Å². The van der Waals surface area contributed by atoms with Crippen LogP contribution < -0.4 is 19.5 Å². The van der Waals surface area contributed by atoms with Crippen LogP contribution in [0.3, 0.4) is 0 Å². The van der Waals surface area contributed by atoms with Crippen LogP contribution in [0.4, 0.5) is 18.9 Å². The number of carbonyl (C=O) groups is 2. The van der Waals surface area contributed by atoms with Crippen molar-refractivity contribution in [2.45, 2.75) is 12.6 Å². The first-order chi connectivity index (χ1) is 17.6. The van der Waals surface area contributed by atoms with Gasteiger partial charge in [-0.05, 0) is 47.9 Å². The zero-order chi connectivity index (χ0) is 27.0. The van der Waals surface area contributed by atoms with Crippen LogP contribution in [0.5, 0.6) is 17.2 Å². The maximum absolute atomic E-state index is 12.9. The Morgan fingerprint density at radius 2 is 2.03 bits per heavy atom. The topological polar surface area (TPSA) is 147 Å². The number of amides is 1. The van der Waals surface area contributed by atoms with Gasteiger partial charge in [0.15, 0.2) is 6.61 Å². The Bertz CT molecular complexity index is 1290. The number of nitriles is 1. The standard InChI is InChI=1S/C22H20N4O4.C2HF3O2/c1-28-18-3-5-20-15(9-18)8-16(13-30-20)22(27)26-19-4-2-14(17-11-24-25-12-17)10-21(19)29-7-6-23;3-2(4,5)1(6)7/h2-5,9-12,16H,7-8,13H2,1H3,(H,24,25)(H,26,27);(H,6,7). The minimum atomic E-state index is -5.08. The zero-order valence-electron chi connectivity index (χ0n) is 19.3. The SMILES string of the molecule is COc1ccc2c(c1)CC(C(=O)Nc1ccc(-c3cn[nH]c3)cc1OCC#N)CO2.O=C(O)C(F)(F)F. The van der Waals surface area contributed by atoms with E-state index in [1.165, 1.54) is 0 Å². The Balaban J connectivity index is 0.000000479. The highest BCUT2D eigenvalue weighted by atomic mass is 19.4. The fourth-order valence-electron chi connectivity index (χ4n) is 3.34. The molecular formula is C24H21F3N4O6. The van der Waals surface area contributed by atoms with E-state index in [1.54, 1.807) is 31.6 Å². The predicted octanol–water partition coefficient (Wildman–Crippen LogP) is 3.81. The number of rotatable bonds is 6.